The molecule has 4 aromatic rings. The van der Waals surface area contributed by atoms with Crippen LogP contribution in [0.3, 0.4) is 0 Å². The molecule has 0 aliphatic rings. The van der Waals surface area contributed by atoms with E-state index < -0.39 is 0 Å². The van der Waals surface area contributed by atoms with Gasteiger partial charge >= 0.3 is 0 Å². The van der Waals surface area contributed by atoms with Gasteiger partial charge in [-0.3, -0.25) is 4.79 Å². The third-order valence-electron chi connectivity index (χ3n) is 4.17. The van der Waals surface area contributed by atoms with Crippen LogP contribution in [0, 0.1) is 0 Å². The molecular formula is C20H15ClN2O2S. The first-order valence-electron chi connectivity index (χ1n) is 8.11. The van der Waals surface area contributed by atoms with Crippen LogP contribution in [-0.2, 0) is 11.2 Å². The van der Waals surface area contributed by atoms with Crippen LogP contribution in [0.25, 0.3) is 11.0 Å². The molecule has 130 valence electrons. The standard InChI is InChI=1S/C20H15ClN2O2S/c21-15-7-5-13(6-8-15)20(14-9-10-26-12-14)22-19(24)11-17-16-3-1-2-4-18(16)25-23-17/h1-10,12,20H,11H2,(H,22,24). The van der Waals surface area contributed by atoms with Crippen LogP contribution in [0.1, 0.15) is 22.9 Å². The largest absolute Gasteiger partial charge is 0.356 e. The Hall–Kier alpha value is -2.63. The molecule has 26 heavy (non-hydrogen) atoms. The second kappa shape index (κ2) is 7.32. The lowest BCUT2D eigenvalue weighted by atomic mass is 10.0. The minimum Gasteiger partial charge on any atom is -0.356 e. The second-order valence-corrected chi connectivity index (χ2v) is 7.13. The summed E-state index contributed by atoms with van der Waals surface area (Å²) in [5.41, 5.74) is 3.34. The van der Waals surface area contributed by atoms with E-state index in [1.165, 1.54) is 0 Å². The van der Waals surface area contributed by atoms with E-state index in [0.29, 0.717) is 16.3 Å². The maximum Gasteiger partial charge on any atom is 0.226 e. The van der Waals surface area contributed by atoms with Gasteiger partial charge in [-0.25, -0.2) is 0 Å². The third kappa shape index (κ3) is 3.49. The Bertz CT molecular complexity index is 1030. The fraction of sp³-hybridized carbons (Fsp3) is 0.100. The Morgan fingerprint density at radius 3 is 2.69 bits per heavy atom. The highest BCUT2D eigenvalue weighted by Crippen LogP contribution is 2.26. The third-order valence-corrected chi connectivity index (χ3v) is 5.12. The van der Waals surface area contributed by atoms with Crippen molar-refractivity contribution >= 4 is 39.8 Å². The lowest BCUT2D eigenvalue weighted by Crippen LogP contribution is -2.30. The number of hydrogen-bond donors (Lipinski definition) is 1. The molecule has 6 heteroatoms. The molecule has 1 atom stereocenters. The van der Waals surface area contributed by atoms with Gasteiger partial charge in [-0.15, -0.1) is 0 Å². The van der Waals surface area contributed by atoms with Gasteiger partial charge in [0.15, 0.2) is 5.58 Å². The van der Waals surface area contributed by atoms with E-state index in [-0.39, 0.29) is 18.4 Å². The summed E-state index contributed by atoms with van der Waals surface area (Å²) < 4.78 is 5.28. The number of fused-ring (bicyclic) bond motifs is 1. The predicted octanol–water partition coefficient (Wildman–Crippen LogP) is 4.99. The van der Waals surface area contributed by atoms with Crippen LogP contribution in [0.15, 0.2) is 69.9 Å². The monoisotopic (exact) mass is 382 g/mol. The number of nitrogens with zero attached hydrogens (tertiary/aromatic N) is 1. The molecule has 0 saturated carbocycles. The van der Waals surface area contributed by atoms with E-state index in [2.05, 4.69) is 10.5 Å². The molecule has 2 heterocycles. The Morgan fingerprint density at radius 2 is 1.92 bits per heavy atom. The Morgan fingerprint density at radius 1 is 1.12 bits per heavy atom. The fourth-order valence-corrected chi connectivity index (χ4v) is 3.70. The van der Waals surface area contributed by atoms with Gasteiger partial charge in [-0.2, -0.15) is 11.3 Å². The molecule has 4 rings (SSSR count). The maximum absolute atomic E-state index is 12.7. The highest BCUT2D eigenvalue weighted by Gasteiger charge is 2.19. The van der Waals surface area contributed by atoms with Crippen LogP contribution in [-0.4, -0.2) is 11.1 Å². The van der Waals surface area contributed by atoms with E-state index >= 15 is 0 Å². The minimum absolute atomic E-state index is 0.116. The summed E-state index contributed by atoms with van der Waals surface area (Å²) in [5.74, 6) is -0.116. The number of thiophene rings is 1. The summed E-state index contributed by atoms with van der Waals surface area (Å²) in [5, 5.41) is 12.7. The molecule has 0 spiro atoms. The molecule has 0 aliphatic heterocycles. The molecule has 0 fully saturated rings. The minimum atomic E-state index is -0.232. The quantitative estimate of drug-likeness (QED) is 0.529. The van der Waals surface area contributed by atoms with Crippen molar-refractivity contribution in [2.45, 2.75) is 12.5 Å². The second-order valence-electron chi connectivity index (χ2n) is 5.91. The molecule has 4 nitrogen and oxygen atoms in total. The smallest absolute Gasteiger partial charge is 0.226 e. The van der Waals surface area contributed by atoms with Crippen molar-refractivity contribution in [3.63, 3.8) is 0 Å². The number of amides is 1. The predicted molar refractivity (Wildman–Crippen MR) is 103 cm³/mol. The van der Waals surface area contributed by atoms with Crippen molar-refractivity contribution in [3.05, 3.63) is 87.2 Å². The van der Waals surface area contributed by atoms with E-state index in [4.69, 9.17) is 16.1 Å². The van der Waals surface area contributed by atoms with Crippen molar-refractivity contribution in [3.8, 4) is 0 Å². The van der Waals surface area contributed by atoms with E-state index in [1.807, 2.05) is 65.4 Å². The Kier molecular flexibility index (Phi) is 4.73. The maximum atomic E-state index is 12.7. The fourth-order valence-electron chi connectivity index (χ4n) is 2.88. The number of aromatic nitrogens is 1. The summed E-state index contributed by atoms with van der Waals surface area (Å²) in [7, 11) is 0. The van der Waals surface area contributed by atoms with Crippen LogP contribution in [0.4, 0.5) is 0 Å². The van der Waals surface area contributed by atoms with Gasteiger partial charge < -0.3 is 9.84 Å². The summed E-state index contributed by atoms with van der Waals surface area (Å²) in [6.07, 6.45) is 0.158. The molecule has 0 bridgehead atoms. The molecule has 2 aromatic heterocycles. The normalized spacial score (nSPS) is 12.2. The molecule has 1 N–H and O–H groups in total. The average molecular weight is 383 g/mol. The number of carbonyl (C=O) groups excluding carboxylic acids is 1. The molecule has 1 amide bonds. The molecule has 0 saturated heterocycles. The number of benzene rings is 2. The molecule has 2 aromatic carbocycles. The van der Waals surface area contributed by atoms with Crippen LogP contribution in [0.2, 0.25) is 5.02 Å². The number of para-hydroxylation sites is 1. The summed E-state index contributed by atoms with van der Waals surface area (Å²) in [6.45, 7) is 0. The van der Waals surface area contributed by atoms with Crippen molar-refractivity contribution in [1.29, 1.82) is 0 Å². The van der Waals surface area contributed by atoms with Gasteiger partial charge in [0, 0.05) is 10.4 Å². The van der Waals surface area contributed by atoms with Gasteiger partial charge in [-0.1, -0.05) is 41.0 Å². The zero-order valence-corrected chi connectivity index (χ0v) is 15.3. The summed E-state index contributed by atoms with van der Waals surface area (Å²) in [4.78, 5) is 12.7. The summed E-state index contributed by atoms with van der Waals surface area (Å²) in [6, 6.07) is 16.8. The summed E-state index contributed by atoms with van der Waals surface area (Å²) >= 11 is 7.59. The Labute approximate surface area is 159 Å². The van der Waals surface area contributed by atoms with Gasteiger partial charge in [-0.05, 0) is 52.2 Å². The first-order valence-corrected chi connectivity index (χ1v) is 9.43. The van der Waals surface area contributed by atoms with E-state index in [0.717, 1.165) is 16.5 Å². The van der Waals surface area contributed by atoms with Gasteiger partial charge in [0.2, 0.25) is 5.91 Å². The topological polar surface area (TPSA) is 55.1 Å². The van der Waals surface area contributed by atoms with Crippen molar-refractivity contribution in [2.75, 3.05) is 0 Å². The Balaban J connectivity index is 1.57. The van der Waals surface area contributed by atoms with Crippen LogP contribution < -0.4 is 5.32 Å². The first-order chi connectivity index (χ1) is 12.7. The van der Waals surface area contributed by atoms with Gasteiger partial charge in [0.25, 0.3) is 0 Å². The average Bonchev–Trinajstić information content (AvgIpc) is 3.31. The first kappa shape index (κ1) is 16.8. The molecule has 0 radical (unpaired) electrons. The lowest BCUT2D eigenvalue weighted by molar-refractivity contribution is -0.121. The van der Waals surface area contributed by atoms with Crippen LogP contribution in [0.5, 0.6) is 0 Å². The number of halogens is 1. The van der Waals surface area contributed by atoms with Gasteiger partial charge in [0.05, 0.1) is 12.5 Å². The lowest BCUT2D eigenvalue weighted by Gasteiger charge is -2.18. The molecule has 1 unspecified atom stereocenters. The SMILES string of the molecule is O=C(Cc1noc2ccccc12)NC(c1ccc(Cl)cc1)c1ccsc1. The highest BCUT2D eigenvalue weighted by molar-refractivity contribution is 7.08. The molecular weight excluding hydrogens is 368 g/mol. The van der Waals surface area contributed by atoms with E-state index in [1.54, 1.807) is 11.3 Å². The van der Waals surface area contributed by atoms with Crippen molar-refractivity contribution in [1.82, 2.24) is 10.5 Å². The molecule has 0 aliphatic carbocycles. The number of nitrogens with one attached hydrogen (secondary N) is 1. The van der Waals surface area contributed by atoms with Crippen molar-refractivity contribution < 1.29 is 9.32 Å². The number of carbonyl (C=O) groups is 1. The zero-order valence-electron chi connectivity index (χ0n) is 13.7. The van der Waals surface area contributed by atoms with Crippen molar-refractivity contribution in [2.24, 2.45) is 0 Å². The van der Waals surface area contributed by atoms with Gasteiger partial charge in [0.1, 0.15) is 5.69 Å². The van der Waals surface area contributed by atoms with E-state index in [9.17, 15) is 4.79 Å². The number of hydrogen-bond acceptors (Lipinski definition) is 4. The zero-order chi connectivity index (χ0) is 17.9. The number of rotatable bonds is 5. The van der Waals surface area contributed by atoms with Crippen LogP contribution >= 0.6 is 22.9 Å². The highest BCUT2D eigenvalue weighted by atomic mass is 35.5.